The average Bonchev–Trinajstić information content (AvgIpc) is 2.17. The van der Waals surface area contributed by atoms with Crippen LogP contribution in [0.15, 0.2) is 0 Å². The van der Waals surface area contributed by atoms with Crippen LogP contribution >= 0.6 is 0 Å². The Kier molecular flexibility index (Phi) is 1.85. The summed E-state index contributed by atoms with van der Waals surface area (Å²) in [6.45, 7) is 1.81. The lowest BCUT2D eigenvalue weighted by molar-refractivity contribution is -0.134. The fourth-order valence-electron chi connectivity index (χ4n) is 1.40. The normalized spacial score (nSPS) is 31.1. The van der Waals surface area contributed by atoms with E-state index in [-0.39, 0.29) is 11.8 Å². The molecule has 0 radical (unpaired) electrons. The Hall–Kier alpha value is -1.06. The molecule has 1 rings (SSSR count). The molecule has 2 amide bonds. The summed E-state index contributed by atoms with van der Waals surface area (Å²) in [6, 6.07) is -0.391. The molecule has 0 aromatic rings. The predicted molar refractivity (Wildman–Crippen MR) is 39.5 cm³/mol. The highest BCUT2D eigenvalue weighted by molar-refractivity contribution is 5.90. The SMILES string of the molecule is CC1CC(C(N)=O)N(C)C1=O. The van der Waals surface area contributed by atoms with E-state index in [4.69, 9.17) is 5.73 Å². The van der Waals surface area contributed by atoms with Crippen LogP contribution in [0.3, 0.4) is 0 Å². The van der Waals surface area contributed by atoms with Gasteiger partial charge in [-0.15, -0.1) is 0 Å². The Morgan fingerprint density at radius 1 is 1.73 bits per heavy atom. The van der Waals surface area contributed by atoms with E-state index in [0.29, 0.717) is 6.42 Å². The second-order valence-corrected chi connectivity index (χ2v) is 3.00. The number of hydrogen-bond acceptors (Lipinski definition) is 2. The molecule has 62 valence electrons. The van der Waals surface area contributed by atoms with Crippen molar-refractivity contribution in [3.05, 3.63) is 0 Å². The molecule has 2 atom stereocenters. The van der Waals surface area contributed by atoms with Gasteiger partial charge in [-0.1, -0.05) is 6.92 Å². The molecule has 4 heteroatoms. The molecule has 0 saturated carbocycles. The summed E-state index contributed by atoms with van der Waals surface area (Å²) in [5, 5.41) is 0. The molecule has 0 aromatic heterocycles. The molecule has 0 spiro atoms. The fraction of sp³-hybridized carbons (Fsp3) is 0.714. The Morgan fingerprint density at radius 3 is 2.45 bits per heavy atom. The van der Waals surface area contributed by atoms with Crippen molar-refractivity contribution in [1.29, 1.82) is 0 Å². The Labute approximate surface area is 65.3 Å². The van der Waals surface area contributed by atoms with E-state index in [1.807, 2.05) is 6.92 Å². The van der Waals surface area contributed by atoms with Crippen LogP contribution in [0.2, 0.25) is 0 Å². The van der Waals surface area contributed by atoms with Gasteiger partial charge in [0.05, 0.1) is 0 Å². The topological polar surface area (TPSA) is 63.4 Å². The number of likely N-dealkylation sites (tertiary alicyclic amines) is 1. The molecule has 1 aliphatic rings. The predicted octanol–water partition coefficient (Wildman–Crippen LogP) is -0.662. The van der Waals surface area contributed by atoms with Crippen LogP contribution in [-0.4, -0.2) is 29.8 Å². The molecule has 1 fully saturated rings. The molecule has 1 saturated heterocycles. The van der Waals surface area contributed by atoms with Gasteiger partial charge in [0.25, 0.3) is 0 Å². The highest BCUT2D eigenvalue weighted by Gasteiger charge is 2.37. The van der Waals surface area contributed by atoms with Gasteiger partial charge in [0, 0.05) is 13.0 Å². The van der Waals surface area contributed by atoms with Crippen LogP contribution in [0.25, 0.3) is 0 Å². The van der Waals surface area contributed by atoms with Crippen molar-refractivity contribution >= 4 is 11.8 Å². The van der Waals surface area contributed by atoms with Gasteiger partial charge in [-0.25, -0.2) is 0 Å². The lowest BCUT2D eigenvalue weighted by Crippen LogP contribution is -2.39. The van der Waals surface area contributed by atoms with E-state index < -0.39 is 11.9 Å². The summed E-state index contributed by atoms with van der Waals surface area (Å²) in [4.78, 5) is 23.3. The van der Waals surface area contributed by atoms with E-state index in [2.05, 4.69) is 0 Å². The van der Waals surface area contributed by atoms with E-state index >= 15 is 0 Å². The quantitative estimate of drug-likeness (QED) is 0.547. The summed E-state index contributed by atoms with van der Waals surface area (Å²) in [5.41, 5.74) is 5.08. The number of hydrogen-bond donors (Lipinski definition) is 1. The first-order valence-electron chi connectivity index (χ1n) is 3.60. The minimum atomic E-state index is -0.412. The van der Waals surface area contributed by atoms with Crippen molar-refractivity contribution in [1.82, 2.24) is 4.90 Å². The highest BCUT2D eigenvalue weighted by atomic mass is 16.2. The number of likely N-dealkylation sites (N-methyl/N-ethyl adjacent to an activating group) is 1. The number of primary amides is 1. The number of amides is 2. The summed E-state index contributed by atoms with van der Waals surface area (Å²) in [7, 11) is 1.61. The van der Waals surface area contributed by atoms with Gasteiger partial charge in [0.1, 0.15) is 6.04 Å². The van der Waals surface area contributed by atoms with Gasteiger partial charge in [-0.05, 0) is 6.42 Å². The Bertz CT molecular complexity index is 203. The summed E-state index contributed by atoms with van der Waals surface area (Å²) < 4.78 is 0. The number of nitrogens with zero attached hydrogens (tertiary/aromatic N) is 1. The van der Waals surface area contributed by atoms with Crippen molar-refractivity contribution in [2.75, 3.05) is 7.05 Å². The highest BCUT2D eigenvalue weighted by Crippen LogP contribution is 2.21. The smallest absolute Gasteiger partial charge is 0.240 e. The minimum Gasteiger partial charge on any atom is -0.368 e. The standard InChI is InChI=1S/C7H12N2O2/c1-4-3-5(6(8)10)9(2)7(4)11/h4-5H,3H2,1-2H3,(H2,8,10). The first kappa shape index (κ1) is 8.04. The lowest BCUT2D eigenvalue weighted by Gasteiger charge is -2.15. The van der Waals surface area contributed by atoms with Gasteiger partial charge in [0.15, 0.2) is 0 Å². The van der Waals surface area contributed by atoms with Gasteiger partial charge in [-0.2, -0.15) is 0 Å². The zero-order valence-electron chi connectivity index (χ0n) is 6.70. The summed E-state index contributed by atoms with van der Waals surface area (Å²) >= 11 is 0. The molecule has 0 aromatic carbocycles. The molecule has 0 aliphatic carbocycles. The van der Waals surface area contributed by atoms with Crippen molar-refractivity contribution in [3.8, 4) is 0 Å². The first-order valence-corrected chi connectivity index (χ1v) is 3.60. The van der Waals surface area contributed by atoms with Crippen molar-refractivity contribution < 1.29 is 9.59 Å². The Balaban J connectivity index is 2.75. The van der Waals surface area contributed by atoms with Crippen molar-refractivity contribution in [2.24, 2.45) is 11.7 Å². The maximum atomic E-state index is 11.1. The molecule has 4 nitrogen and oxygen atoms in total. The van der Waals surface area contributed by atoms with E-state index in [1.165, 1.54) is 4.90 Å². The molecule has 0 bridgehead atoms. The van der Waals surface area contributed by atoms with Crippen molar-refractivity contribution in [2.45, 2.75) is 19.4 Å². The summed E-state index contributed by atoms with van der Waals surface area (Å²) in [5.74, 6) is -0.462. The maximum Gasteiger partial charge on any atom is 0.240 e. The monoisotopic (exact) mass is 156 g/mol. The largest absolute Gasteiger partial charge is 0.368 e. The Morgan fingerprint density at radius 2 is 2.27 bits per heavy atom. The number of carbonyl (C=O) groups excluding carboxylic acids is 2. The maximum absolute atomic E-state index is 11.1. The number of nitrogens with two attached hydrogens (primary N) is 1. The van der Waals surface area contributed by atoms with Crippen LogP contribution in [0.5, 0.6) is 0 Å². The summed E-state index contributed by atoms with van der Waals surface area (Å²) in [6.07, 6.45) is 0.560. The third-order valence-corrected chi connectivity index (χ3v) is 2.14. The van der Waals surface area contributed by atoms with E-state index in [9.17, 15) is 9.59 Å². The van der Waals surface area contributed by atoms with Crippen LogP contribution < -0.4 is 5.73 Å². The second kappa shape index (κ2) is 2.53. The molecule has 2 unspecified atom stereocenters. The molecular formula is C7H12N2O2. The van der Waals surface area contributed by atoms with Gasteiger partial charge in [-0.3, -0.25) is 9.59 Å². The third kappa shape index (κ3) is 1.20. The van der Waals surface area contributed by atoms with E-state index in [0.717, 1.165) is 0 Å². The fourth-order valence-corrected chi connectivity index (χ4v) is 1.40. The van der Waals surface area contributed by atoms with Gasteiger partial charge < -0.3 is 10.6 Å². The van der Waals surface area contributed by atoms with Crippen LogP contribution in [0, 0.1) is 5.92 Å². The number of carbonyl (C=O) groups is 2. The molecule has 1 heterocycles. The van der Waals surface area contributed by atoms with Crippen LogP contribution in [0.4, 0.5) is 0 Å². The average molecular weight is 156 g/mol. The van der Waals surface area contributed by atoms with Crippen molar-refractivity contribution in [3.63, 3.8) is 0 Å². The first-order chi connectivity index (χ1) is 5.04. The zero-order chi connectivity index (χ0) is 8.59. The number of rotatable bonds is 1. The van der Waals surface area contributed by atoms with Gasteiger partial charge >= 0.3 is 0 Å². The van der Waals surface area contributed by atoms with Gasteiger partial charge in [0.2, 0.25) is 11.8 Å². The molecule has 2 N–H and O–H groups in total. The minimum absolute atomic E-state index is 0.00815. The lowest BCUT2D eigenvalue weighted by atomic mass is 10.1. The molecule has 1 aliphatic heterocycles. The molecular weight excluding hydrogens is 144 g/mol. The zero-order valence-corrected chi connectivity index (χ0v) is 6.70. The second-order valence-electron chi connectivity index (χ2n) is 3.00. The van der Waals surface area contributed by atoms with Crippen LogP contribution in [-0.2, 0) is 9.59 Å². The third-order valence-electron chi connectivity index (χ3n) is 2.14. The van der Waals surface area contributed by atoms with Crippen LogP contribution in [0.1, 0.15) is 13.3 Å². The molecule has 11 heavy (non-hydrogen) atoms. The van der Waals surface area contributed by atoms with E-state index in [1.54, 1.807) is 7.05 Å².